The molecule has 4 rings (SSSR count). The van der Waals surface area contributed by atoms with Crippen LogP contribution in [0.5, 0.6) is 5.75 Å². The summed E-state index contributed by atoms with van der Waals surface area (Å²) in [5, 5.41) is 6.88. The van der Waals surface area contributed by atoms with Gasteiger partial charge in [0.15, 0.2) is 0 Å². The van der Waals surface area contributed by atoms with Crippen molar-refractivity contribution in [3.63, 3.8) is 0 Å². The Morgan fingerprint density at radius 2 is 1.96 bits per heavy atom. The zero-order valence-corrected chi connectivity index (χ0v) is 12.9. The van der Waals surface area contributed by atoms with E-state index < -0.39 is 5.97 Å². The van der Waals surface area contributed by atoms with Gasteiger partial charge in [-0.3, -0.25) is 5.10 Å². The Bertz CT molecular complexity index is 1020. The van der Waals surface area contributed by atoms with Gasteiger partial charge in [0, 0.05) is 18.7 Å². The Balaban J connectivity index is 1.56. The number of esters is 1. The summed E-state index contributed by atoms with van der Waals surface area (Å²) < 4.78 is 7.31. The molecule has 0 saturated carbocycles. The fraction of sp³-hybridized carbons (Fsp3) is 0.0556. The van der Waals surface area contributed by atoms with E-state index in [9.17, 15) is 4.79 Å². The van der Waals surface area contributed by atoms with Crippen molar-refractivity contribution in [2.45, 2.75) is 0 Å². The number of hydrogen-bond acceptors (Lipinski definition) is 4. The van der Waals surface area contributed by atoms with Gasteiger partial charge in [0.2, 0.25) is 0 Å². The van der Waals surface area contributed by atoms with Crippen LogP contribution in [0.4, 0.5) is 0 Å². The third kappa shape index (κ3) is 2.54. The number of hydrogen-bond donors (Lipinski definition) is 1. The Hall–Kier alpha value is -3.41. The molecule has 0 bridgehead atoms. The van der Waals surface area contributed by atoms with Gasteiger partial charge in [0.05, 0.1) is 23.1 Å². The smallest absolute Gasteiger partial charge is 0.361 e. The Morgan fingerprint density at radius 1 is 1.12 bits per heavy atom. The number of rotatable bonds is 3. The van der Waals surface area contributed by atoms with Crippen LogP contribution in [0.3, 0.4) is 0 Å². The molecule has 1 N–H and O–H groups in total. The molecule has 0 saturated heterocycles. The van der Waals surface area contributed by atoms with E-state index in [1.807, 2.05) is 48.0 Å². The van der Waals surface area contributed by atoms with Crippen LogP contribution in [0.25, 0.3) is 22.3 Å². The number of aryl methyl sites for hydroxylation is 1. The number of carbonyl (C=O) groups excluding carboxylic acids is 1. The molecule has 0 unspecified atom stereocenters. The lowest BCUT2D eigenvalue weighted by atomic mass is 10.1. The first kappa shape index (κ1) is 14.2. The molecule has 6 heteroatoms. The molecule has 0 aliphatic rings. The van der Waals surface area contributed by atoms with Gasteiger partial charge < -0.3 is 9.30 Å². The number of fused-ring (bicyclic) bond motifs is 1. The van der Waals surface area contributed by atoms with Crippen LogP contribution in [-0.4, -0.2) is 25.7 Å². The van der Waals surface area contributed by atoms with E-state index in [-0.39, 0.29) is 0 Å². The van der Waals surface area contributed by atoms with E-state index >= 15 is 0 Å². The van der Waals surface area contributed by atoms with E-state index in [2.05, 4.69) is 15.2 Å². The van der Waals surface area contributed by atoms with Crippen LogP contribution in [0.2, 0.25) is 0 Å². The maximum absolute atomic E-state index is 12.3. The molecule has 0 atom stereocenters. The largest absolute Gasteiger partial charge is 0.422 e. The van der Waals surface area contributed by atoms with E-state index in [4.69, 9.17) is 4.74 Å². The lowest BCUT2D eigenvalue weighted by Gasteiger charge is -2.02. The maximum atomic E-state index is 12.3. The number of H-pyrrole nitrogens is 1. The molecule has 0 spiro atoms. The highest BCUT2D eigenvalue weighted by Crippen LogP contribution is 2.21. The summed E-state index contributed by atoms with van der Waals surface area (Å²) >= 11 is 0. The quantitative estimate of drug-likeness (QED) is 0.465. The van der Waals surface area contributed by atoms with Crippen LogP contribution in [0.1, 0.15) is 10.5 Å². The molecule has 0 aliphatic heterocycles. The number of imidazole rings is 1. The number of aromatic amines is 1. The van der Waals surface area contributed by atoms with Crippen molar-refractivity contribution in [1.29, 1.82) is 0 Å². The summed E-state index contributed by atoms with van der Waals surface area (Å²) in [6.45, 7) is 0. The molecule has 0 fully saturated rings. The van der Waals surface area contributed by atoms with Crippen LogP contribution < -0.4 is 4.74 Å². The summed E-state index contributed by atoms with van der Waals surface area (Å²) in [5.74, 6) is -0.0398. The van der Waals surface area contributed by atoms with Gasteiger partial charge in [-0.05, 0) is 18.2 Å². The van der Waals surface area contributed by atoms with Crippen LogP contribution in [0, 0.1) is 0 Å². The van der Waals surface area contributed by atoms with Gasteiger partial charge in [-0.25, -0.2) is 9.78 Å². The first-order valence-corrected chi connectivity index (χ1v) is 7.45. The van der Waals surface area contributed by atoms with Gasteiger partial charge in [-0.1, -0.05) is 30.3 Å². The first-order chi connectivity index (χ1) is 11.7. The number of aromatic nitrogens is 4. The maximum Gasteiger partial charge on any atom is 0.361 e. The zero-order valence-electron chi connectivity index (χ0n) is 12.9. The molecule has 6 nitrogen and oxygen atoms in total. The minimum absolute atomic E-state index is 0.301. The minimum Gasteiger partial charge on any atom is -0.422 e. The Morgan fingerprint density at radius 3 is 2.79 bits per heavy atom. The second-order valence-corrected chi connectivity index (χ2v) is 5.43. The molecule has 2 aromatic carbocycles. The topological polar surface area (TPSA) is 72.8 Å². The summed E-state index contributed by atoms with van der Waals surface area (Å²) in [6.07, 6.45) is 1.72. The molecule has 0 amide bonds. The fourth-order valence-corrected chi connectivity index (χ4v) is 2.52. The van der Waals surface area contributed by atoms with Crippen molar-refractivity contribution >= 4 is 17.0 Å². The summed E-state index contributed by atoms with van der Waals surface area (Å²) in [5.41, 5.74) is 3.68. The summed E-state index contributed by atoms with van der Waals surface area (Å²) in [6, 6.07) is 16.7. The van der Waals surface area contributed by atoms with E-state index in [1.165, 1.54) is 0 Å². The summed E-state index contributed by atoms with van der Waals surface area (Å²) in [4.78, 5) is 16.5. The zero-order chi connectivity index (χ0) is 16.5. The van der Waals surface area contributed by atoms with Crippen LogP contribution in [-0.2, 0) is 7.05 Å². The average Bonchev–Trinajstić information content (AvgIpc) is 3.23. The monoisotopic (exact) mass is 318 g/mol. The first-order valence-electron chi connectivity index (χ1n) is 7.45. The highest BCUT2D eigenvalue weighted by molar-refractivity contribution is 5.91. The molecule has 118 valence electrons. The van der Waals surface area contributed by atoms with Crippen molar-refractivity contribution in [3.8, 4) is 17.0 Å². The highest BCUT2D eigenvalue weighted by Gasteiger charge is 2.14. The third-order valence-electron chi connectivity index (χ3n) is 3.77. The number of nitrogens with zero attached hydrogens (tertiary/aromatic N) is 3. The predicted octanol–water partition coefficient (Wildman–Crippen LogP) is 3.18. The van der Waals surface area contributed by atoms with Gasteiger partial charge in [-0.2, -0.15) is 5.10 Å². The molecule has 0 radical (unpaired) electrons. The van der Waals surface area contributed by atoms with Crippen LogP contribution >= 0.6 is 0 Å². The van der Waals surface area contributed by atoms with Gasteiger partial charge in [-0.15, -0.1) is 0 Å². The molecule has 0 aliphatic carbocycles. The molecule has 24 heavy (non-hydrogen) atoms. The lowest BCUT2D eigenvalue weighted by Crippen LogP contribution is -2.08. The number of benzene rings is 2. The summed E-state index contributed by atoms with van der Waals surface area (Å²) in [7, 11) is 1.91. The molecular formula is C18H14N4O2. The lowest BCUT2D eigenvalue weighted by molar-refractivity contribution is 0.0729. The number of carbonyl (C=O) groups is 1. The molecule has 2 heterocycles. The van der Waals surface area contributed by atoms with E-state index in [0.29, 0.717) is 17.1 Å². The third-order valence-corrected chi connectivity index (χ3v) is 3.77. The van der Waals surface area contributed by atoms with Gasteiger partial charge in [0.1, 0.15) is 11.4 Å². The van der Waals surface area contributed by atoms with Crippen LogP contribution in [0.15, 0.2) is 60.9 Å². The Labute approximate surface area is 137 Å². The highest BCUT2D eigenvalue weighted by atomic mass is 16.5. The fourth-order valence-electron chi connectivity index (χ4n) is 2.52. The normalized spacial score (nSPS) is 10.9. The molecule has 4 aromatic rings. The second-order valence-electron chi connectivity index (χ2n) is 5.43. The van der Waals surface area contributed by atoms with Gasteiger partial charge in [0.25, 0.3) is 0 Å². The van der Waals surface area contributed by atoms with Crippen molar-refractivity contribution < 1.29 is 9.53 Å². The SMILES string of the molecule is Cn1cnc2cc(OC(=O)c3cc(-c4ccccc4)n[nH]3)ccc21. The Kier molecular flexibility index (Phi) is 3.35. The van der Waals surface area contributed by atoms with Crippen molar-refractivity contribution in [2.24, 2.45) is 7.05 Å². The van der Waals surface area contributed by atoms with Gasteiger partial charge >= 0.3 is 5.97 Å². The average molecular weight is 318 g/mol. The van der Waals surface area contributed by atoms with E-state index in [0.717, 1.165) is 16.6 Å². The standard InChI is InChI=1S/C18H14N4O2/c1-22-11-19-15-9-13(7-8-17(15)22)24-18(23)16-10-14(20-21-16)12-5-3-2-4-6-12/h2-11H,1H3,(H,20,21). The van der Waals surface area contributed by atoms with Crippen molar-refractivity contribution in [3.05, 3.63) is 66.6 Å². The number of nitrogens with one attached hydrogen (secondary N) is 1. The van der Waals surface area contributed by atoms with E-state index in [1.54, 1.807) is 24.5 Å². The molecule has 2 aromatic heterocycles. The minimum atomic E-state index is -0.486. The second kappa shape index (κ2) is 5.66. The van der Waals surface area contributed by atoms with Crippen molar-refractivity contribution in [2.75, 3.05) is 0 Å². The number of ether oxygens (including phenoxy) is 1. The molecular weight excluding hydrogens is 304 g/mol. The predicted molar refractivity (Wildman–Crippen MR) is 89.7 cm³/mol. The van der Waals surface area contributed by atoms with Crippen molar-refractivity contribution in [1.82, 2.24) is 19.7 Å².